The van der Waals surface area contributed by atoms with Crippen LogP contribution in [0.1, 0.15) is 21.3 Å². The maximum Gasteiger partial charge on any atom is -0.0398 e. The Bertz CT molecular complexity index is 116. The van der Waals surface area contributed by atoms with Gasteiger partial charge in [0.25, 0.3) is 0 Å². The Morgan fingerprint density at radius 3 is 2.33 bits per heavy atom. The van der Waals surface area contributed by atoms with Gasteiger partial charge in [0.1, 0.15) is 0 Å². The number of hydrogen-bond acceptors (Lipinski definition) is 0. The quantitative estimate of drug-likeness (QED) is 0.495. The van der Waals surface area contributed by atoms with Crippen molar-refractivity contribution in [2.24, 2.45) is 0 Å². The fourth-order valence-corrected chi connectivity index (χ4v) is 0.504. The van der Waals surface area contributed by atoms with Crippen LogP contribution in [0.5, 0.6) is 0 Å². The van der Waals surface area contributed by atoms with Crippen LogP contribution >= 0.6 is 0 Å². The van der Waals surface area contributed by atoms with E-state index in [1.807, 2.05) is 32.1 Å². The average molecular weight is 124 g/mol. The smallest absolute Gasteiger partial charge is 0.0398 e. The van der Waals surface area contributed by atoms with Gasteiger partial charge in [0.2, 0.25) is 0 Å². The second kappa shape index (κ2) is 7.22. The molecule has 9 heavy (non-hydrogen) atoms. The van der Waals surface area contributed by atoms with E-state index < -0.39 is 0 Å². The van der Waals surface area contributed by atoms with Crippen LogP contribution in [0.3, 0.4) is 0 Å². The first-order valence-corrected chi connectivity index (χ1v) is 2.73. The summed E-state index contributed by atoms with van der Waals surface area (Å²) < 4.78 is 0. The molecule has 0 fully saturated rings. The Morgan fingerprint density at radius 2 is 2.00 bits per heavy atom. The Kier molecular flexibility index (Phi) is 8.89. The van der Waals surface area contributed by atoms with Crippen LogP contribution in [0.2, 0.25) is 0 Å². The van der Waals surface area contributed by atoms with Crippen LogP contribution in [-0.4, -0.2) is 0 Å². The third kappa shape index (κ3) is 7.22. The van der Waals surface area contributed by atoms with Crippen molar-refractivity contribution in [2.45, 2.75) is 21.3 Å². The van der Waals surface area contributed by atoms with Gasteiger partial charge in [0.15, 0.2) is 0 Å². The summed E-state index contributed by atoms with van der Waals surface area (Å²) in [5, 5.41) is 0. The van der Waals surface area contributed by atoms with Gasteiger partial charge in [-0.1, -0.05) is 43.9 Å². The van der Waals surface area contributed by atoms with Crippen LogP contribution < -0.4 is 0 Å². The van der Waals surface area contributed by atoms with Crippen LogP contribution in [0, 0.1) is 0 Å². The van der Waals surface area contributed by atoms with E-state index >= 15 is 0 Å². The lowest BCUT2D eigenvalue weighted by atomic mass is 10.2. The molecule has 0 aliphatic heterocycles. The van der Waals surface area contributed by atoms with Gasteiger partial charge >= 0.3 is 0 Å². The Morgan fingerprint density at radius 1 is 1.44 bits per heavy atom. The monoisotopic (exact) mass is 124 g/mol. The normalized spacial score (nSPS) is 11.1. The predicted octanol–water partition coefficient (Wildman–Crippen LogP) is 3.33. The molecular weight excluding hydrogens is 108 g/mol. The zero-order valence-electron chi connectivity index (χ0n) is 5.52. The first-order valence-electron chi connectivity index (χ1n) is 2.73. The Hall–Kier alpha value is -0.780. The molecular formula is C9H16. The standard InChI is InChI=1S/C8H12.CH4/c1-4-6-8(3)7-5-2;/h4-7H,1H2,2-3H3;1H4/b7-5-,8-6-;. The van der Waals surface area contributed by atoms with Crippen molar-refractivity contribution in [3.63, 3.8) is 0 Å². The first kappa shape index (κ1) is 11.1. The van der Waals surface area contributed by atoms with E-state index in [2.05, 4.69) is 6.58 Å². The van der Waals surface area contributed by atoms with Crippen molar-refractivity contribution in [3.05, 3.63) is 36.5 Å². The highest BCUT2D eigenvalue weighted by Gasteiger charge is 1.71. The van der Waals surface area contributed by atoms with E-state index in [0.717, 1.165) is 0 Å². The largest absolute Gasteiger partial charge is 0.0991 e. The minimum atomic E-state index is 0. The van der Waals surface area contributed by atoms with Gasteiger partial charge in [0.05, 0.1) is 0 Å². The van der Waals surface area contributed by atoms with Crippen LogP contribution in [0.15, 0.2) is 36.5 Å². The summed E-state index contributed by atoms with van der Waals surface area (Å²) in [5.41, 5.74) is 1.24. The minimum absolute atomic E-state index is 0. The molecule has 0 heteroatoms. The lowest BCUT2D eigenvalue weighted by Gasteiger charge is -1.82. The average Bonchev–Trinajstić information content (AvgIpc) is 1.68. The van der Waals surface area contributed by atoms with Crippen molar-refractivity contribution < 1.29 is 0 Å². The van der Waals surface area contributed by atoms with E-state index in [0.29, 0.717) is 0 Å². The molecule has 0 aromatic rings. The summed E-state index contributed by atoms with van der Waals surface area (Å²) in [6.07, 6.45) is 7.81. The molecule has 0 amide bonds. The van der Waals surface area contributed by atoms with Gasteiger partial charge in [-0.05, 0) is 13.8 Å². The van der Waals surface area contributed by atoms with E-state index in [1.165, 1.54) is 5.57 Å². The molecule has 0 rings (SSSR count). The zero-order valence-corrected chi connectivity index (χ0v) is 5.52. The zero-order chi connectivity index (χ0) is 6.41. The van der Waals surface area contributed by atoms with Crippen molar-refractivity contribution >= 4 is 0 Å². The first-order chi connectivity index (χ1) is 3.81. The van der Waals surface area contributed by atoms with Crippen molar-refractivity contribution in [2.75, 3.05) is 0 Å². The van der Waals surface area contributed by atoms with E-state index in [9.17, 15) is 0 Å². The van der Waals surface area contributed by atoms with Crippen LogP contribution in [-0.2, 0) is 0 Å². The molecule has 0 N–H and O–H groups in total. The Balaban J connectivity index is 0. The summed E-state index contributed by atoms with van der Waals surface area (Å²) >= 11 is 0. The highest BCUT2D eigenvalue weighted by atomic mass is 13.8. The van der Waals surface area contributed by atoms with Crippen molar-refractivity contribution in [1.82, 2.24) is 0 Å². The minimum Gasteiger partial charge on any atom is -0.0991 e. The second-order valence-electron chi connectivity index (χ2n) is 1.65. The number of allylic oxidation sites excluding steroid dienone is 5. The molecule has 0 radical (unpaired) electrons. The second-order valence-corrected chi connectivity index (χ2v) is 1.65. The van der Waals surface area contributed by atoms with Crippen molar-refractivity contribution in [1.29, 1.82) is 0 Å². The van der Waals surface area contributed by atoms with E-state index in [1.54, 1.807) is 6.08 Å². The van der Waals surface area contributed by atoms with Gasteiger partial charge in [-0.2, -0.15) is 0 Å². The lowest BCUT2D eigenvalue weighted by Crippen LogP contribution is -1.61. The molecule has 0 nitrogen and oxygen atoms in total. The summed E-state index contributed by atoms with van der Waals surface area (Å²) in [4.78, 5) is 0. The third-order valence-electron chi connectivity index (χ3n) is 0.810. The summed E-state index contributed by atoms with van der Waals surface area (Å²) in [6.45, 7) is 7.62. The highest BCUT2D eigenvalue weighted by molar-refractivity contribution is 5.19. The molecule has 0 spiro atoms. The van der Waals surface area contributed by atoms with Crippen molar-refractivity contribution in [3.8, 4) is 0 Å². The Labute approximate surface area is 58.6 Å². The lowest BCUT2D eigenvalue weighted by molar-refractivity contribution is 1.51. The van der Waals surface area contributed by atoms with Crippen LogP contribution in [0.4, 0.5) is 0 Å². The number of rotatable bonds is 2. The molecule has 0 heterocycles. The maximum absolute atomic E-state index is 3.57. The van der Waals surface area contributed by atoms with Gasteiger partial charge in [-0.15, -0.1) is 0 Å². The molecule has 0 atom stereocenters. The summed E-state index contributed by atoms with van der Waals surface area (Å²) in [7, 11) is 0. The third-order valence-corrected chi connectivity index (χ3v) is 0.810. The highest BCUT2D eigenvalue weighted by Crippen LogP contribution is 1.92. The fraction of sp³-hybridized carbons (Fsp3) is 0.333. The van der Waals surface area contributed by atoms with Gasteiger partial charge in [-0.25, -0.2) is 0 Å². The van der Waals surface area contributed by atoms with E-state index in [-0.39, 0.29) is 7.43 Å². The van der Waals surface area contributed by atoms with Gasteiger partial charge < -0.3 is 0 Å². The molecule has 0 aliphatic rings. The van der Waals surface area contributed by atoms with Gasteiger partial charge in [0, 0.05) is 0 Å². The fourth-order valence-electron chi connectivity index (χ4n) is 0.504. The van der Waals surface area contributed by atoms with Gasteiger partial charge in [-0.3, -0.25) is 0 Å². The SMILES string of the molecule is C.C=C/C=C(C)\C=C/C. The predicted molar refractivity (Wildman–Crippen MR) is 45.5 cm³/mol. The molecule has 0 aromatic heterocycles. The van der Waals surface area contributed by atoms with E-state index in [4.69, 9.17) is 0 Å². The maximum atomic E-state index is 3.57. The summed E-state index contributed by atoms with van der Waals surface area (Å²) in [5.74, 6) is 0. The molecule has 0 bridgehead atoms. The number of hydrogen-bond donors (Lipinski definition) is 0. The molecule has 0 aromatic carbocycles. The van der Waals surface area contributed by atoms with Crippen LogP contribution in [0.25, 0.3) is 0 Å². The molecule has 0 saturated carbocycles. The molecule has 52 valence electrons. The topological polar surface area (TPSA) is 0 Å². The molecule has 0 saturated heterocycles. The summed E-state index contributed by atoms with van der Waals surface area (Å²) in [6, 6.07) is 0. The molecule has 0 aliphatic carbocycles. The molecule has 0 unspecified atom stereocenters.